The zero-order valence-electron chi connectivity index (χ0n) is 9.00. The van der Waals surface area contributed by atoms with E-state index in [9.17, 15) is 4.79 Å². The van der Waals surface area contributed by atoms with Crippen LogP contribution >= 0.6 is 23.2 Å². The first kappa shape index (κ1) is 13.0. The molecule has 0 spiro atoms. The third-order valence-electron chi connectivity index (χ3n) is 2.08. The molecule has 1 amide bonds. The van der Waals surface area contributed by atoms with Crippen molar-refractivity contribution < 1.29 is 14.3 Å². The highest BCUT2D eigenvalue weighted by molar-refractivity contribution is 6.49. The number of hydrogen-bond acceptors (Lipinski definition) is 3. The number of ether oxygens (including phenoxy) is 2. The Hall–Kier alpha value is -0.0300. The summed E-state index contributed by atoms with van der Waals surface area (Å²) < 4.78 is 8.96. The van der Waals surface area contributed by atoms with Crippen LogP contribution in [0.15, 0.2) is 0 Å². The van der Waals surface area contributed by atoms with Crippen LogP contribution < -0.4 is 0 Å². The first-order valence-electron chi connectivity index (χ1n) is 4.78. The molecule has 1 saturated heterocycles. The lowest BCUT2D eigenvalue weighted by Crippen LogP contribution is -2.54. The van der Waals surface area contributed by atoms with Crippen LogP contribution in [0.2, 0.25) is 0 Å². The highest BCUT2D eigenvalue weighted by atomic mass is 35.5. The second kappa shape index (κ2) is 4.87. The fourth-order valence-corrected chi connectivity index (χ4v) is 2.47. The van der Waals surface area contributed by atoms with Crippen LogP contribution in [-0.2, 0) is 14.3 Å². The second-order valence-corrected chi connectivity index (χ2v) is 4.99. The topological polar surface area (TPSA) is 38.8 Å². The van der Waals surface area contributed by atoms with Crippen LogP contribution in [0.4, 0.5) is 0 Å². The monoisotopic (exact) mass is 255 g/mol. The Morgan fingerprint density at radius 1 is 1.40 bits per heavy atom. The maximum Gasteiger partial charge on any atom is 0.244 e. The molecule has 0 aromatic carbocycles. The van der Waals surface area contributed by atoms with Gasteiger partial charge in [-0.05, 0) is 13.8 Å². The minimum atomic E-state index is -1.48. The Kier molecular flexibility index (Phi) is 4.23. The summed E-state index contributed by atoms with van der Waals surface area (Å²) >= 11 is 12.2. The third kappa shape index (κ3) is 2.75. The highest BCUT2D eigenvalue weighted by Gasteiger charge is 2.47. The van der Waals surface area contributed by atoms with E-state index in [0.29, 0.717) is 13.2 Å². The molecule has 0 radical (unpaired) electrons. The summed E-state index contributed by atoms with van der Waals surface area (Å²) in [5.74, 6) is -0.214. The molecule has 0 aromatic heterocycles. The van der Waals surface area contributed by atoms with Crippen molar-refractivity contribution in [3.8, 4) is 0 Å². The van der Waals surface area contributed by atoms with Gasteiger partial charge in [0.25, 0.3) is 0 Å². The molecule has 0 N–H and O–H groups in total. The summed E-state index contributed by atoms with van der Waals surface area (Å²) in [4.78, 5) is 12.8. The summed E-state index contributed by atoms with van der Waals surface area (Å²) in [5.41, 5.74) is 0. The summed E-state index contributed by atoms with van der Waals surface area (Å²) in [6.45, 7) is 5.95. The Labute approximate surface area is 99.4 Å². The van der Waals surface area contributed by atoms with Gasteiger partial charge in [-0.15, -0.1) is 0 Å². The van der Waals surface area contributed by atoms with Crippen LogP contribution in [0.1, 0.15) is 20.8 Å². The number of alkyl halides is 2. The molecule has 0 atom stereocenters. The van der Waals surface area contributed by atoms with E-state index in [0.717, 1.165) is 0 Å². The summed E-state index contributed by atoms with van der Waals surface area (Å²) in [5, 5.41) is 0. The van der Waals surface area contributed by atoms with E-state index in [1.165, 1.54) is 11.8 Å². The van der Waals surface area contributed by atoms with Crippen molar-refractivity contribution in [2.45, 2.75) is 37.6 Å². The van der Waals surface area contributed by atoms with Crippen LogP contribution in [-0.4, -0.2) is 40.8 Å². The SMILES string of the molecule is CC(=O)N(C(C)C)C(Cl)(Cl)C1OCCO1. The van der Waals surface area contributed by atoms with Gasteiger partial charge in [0.2, 0.25) is 16.7 Å². The minimum absolute atomic E-state index is 0.120. The lowest BCUT2D eigenvalue weighted by molar-refractivity contribution is -0.144. The number of rotatable bonds is 3. The van der Waals surface area contributed by atoms with Crippen molar-refractivity contribution in [2.75, 3.05) is 13.2 Å². The van der Waals surface area contributed by atoms with Gasteiger partial charge in [-0.1, -0.05) is 23.2 Å². The lowest BCUT2D eigenvalue weighted by atomic mass is 10.3. The predicted molar refractivity (Wildman–Crippen MR) is 57.8 cm³/mol. The molecule has 1 fully saturated rings. The van der Waals surface area contributed by atoms with Gasteiger partial charge >= 0.3 is 0 Å². The summed E-state index contributed by atoms with van der Waals surface area (Å²) in [6, 6.07) is -0.120. The van der Waals surface area contributed by atoms with E-state index in [-0.39, 0.29) is 11.9 Å². The van der Waals surface area contributed by atoms with Gasteiger partial charge in [0, 0.05) is 13.0 Å². The van der Waals surface area contributed by atoms with Crippen molar-refractivity contribution >= 4 is 29.1 Å². The largest absolute Gasteiger partial charge is 0.346 e. The van der Waals surface area contributed by atoms with Gasteiger partial charge in [0.15, 0.2) is 0 Å². The van der Waals surface area contributed by atoms with Crippen molar-refractivity contribution in [1.82, 2.24) is 4.90 Å². The summed E-state index contributed by atoms with van der Waals surface area (Å²) in [7, 11) is 0. The van der Waals surface area contributed by atoms with Crippen molar-refractivity contribution in [3.05, 3.63) is 0 Å². The number of hydrogen-bond donors (Lipinski definition) is 0. The smallest absolute Gasteiger partial charge is 0.244 e. The molecule has 1 aliphatic heterocycles. The average molecular weight is 256 g/mol. The molecular formula is C9H15Cl2NO3. The molecule has 0 aliphatic carbocycles. The van der Waals surface area contributed by atoms with E-state index < -0.39 is 10.7 Å². The van der Waals surface area contributed by atoms with Crippen LogP contribution in [0.25, 0.3) is 0 Å². The molecule has 4 nitrogen and oxygen atoms in total. The number of halogens is 2. The second-order valence-electron chi connectivity index (χ2n) is 3.64. The van der Waals surface area contributed by atoms with Gasteiger partial charge in [0.05, 0.1) is 13.2 Å². The fraction of sp³-hybridized carbons (Fsp3) is 0.889. The molecule has 0 bridgehead atoms. The van der Waals surface area contributed by atoms with Crippen molar-refractivity contribution in [3.63, 3.8) is 0 Å². The predicted octanol–water partition coefficient (Wildman–Crippen LogP) is 1.75. The number of nitrogens with zero attached hydrogens (tertiary/aromatic N) is 1. The summed E-state index contributed by atoms with van der Waals surface area (Å²) in [6.07, 6.45) is -0.785. The Bertz CT molecular complexity index is 240. The highest BCUT2D eigenvalue weighted by Crippen LogP contribution is 2.36. The van der Waals surface area contributed by atoms with E-state index in [4.69, 9.17) is 32.7 Å². The lowest BCUT2D eigenvalue weighted by Gasteiger charge is -2.38. The average Bonchev–Trinajstić information content (AvgIpc) is 2.52. The fourth-order valence-electron chi connectivity index (χ4n) is 1.59. The van der Waals surface area contributed by atoms with Gasteiger partial charge in [-0.2, -0.15) is 0 Å². The number of carbonyl (C=O) groups is 1. The Morgan fingerprint density at radius 2 is 1.87 bits per heavy atom. The minimum Gasteiger partial charge on any atom is -0.346 e. The van der Waals surface area contributed by atoms with Crippen LogP contribution in [0, 0.1) is 0 Å². The molecular weight excluding hydrogens is 241 g/mol. The zero-order chi connectivity index (χ0) is 11.6. The molecule has 0 saturated carbocycles. The van der Waals surface area contributed by atoms with E-state index in [2.05, 4.69) is 0 Å². The standard InChI is InChI=1S/C9H15Cl2NO3/c1-6(2)12(7(3)13)9(10,11)8-14-4-5-15-8/h6,8H,4-5H2,1-3H3. The van der Waals surface area contributed by atoms with E-state index >= 15 is 0 Å². The van der Waals surface area contributed by atoms with Crippen LogP contribution in [0.3, 0.4) is 0 Å². The number of carbonyl (C=O) groups excluding carboxylic acids is 1. The van der Waals surface area contributed by atoms with Gasteiger partial charge in [-0.3, -0.25) is 4.79 Å². The zero-order valence-corrected chi connectivity index (χ0v) is 10.5. The quantitative estimate of drug-likeness (QED) is 0.570. The van der Waals surface area contributed by atoms with Crippen LogP contribution in [0.5, 0.6) is 0 Å². The number of amides is 1. The van der Waals surface area contributed by atoms with Crippen molar-refractivity contribution in [2.24, 2.45) is 0 Å². The first-order chi connectivity index (χ1) is 6.87. The molecule has 1 aliphatic rings. The normalized spacial score (nSPS) is 18.5. The Balaban J connectivity index is 2.84. The molecule has 88 valence electrons. The van der Waals surface area contributed by atoms with Gasteiger partial charge in [-0.25, -0.2) is 0 Å². The molecule has 1 rings (SSSR count). The van der Waals surface area contributed by atoms with E-state index in [1.54, 1.807) is 0 Å². The third-order valence-corrected chi connectivity index (χ3v) is 2.80. The molecule has 0 aromatic rings. The molecule has 0 unspecified atom stereocenters. The van der Waals surface area contributed by atoms with Crippen molar-refractivity contribution in [1.29, 1.82) is 0 Å². The van der Waals surface area contributed by atoms with E-state index in [1.807, 2.05) is 13.8 Å². The Morgan fingerprint density at radius 3 is 2.20 bits per heavy atom. The van der Waals surface area contributed by atoms with Gasteiger partial charge < -0.3 is 14.4 Å². The molecule has 1 heterocycles. The maximum absolute atomic E-state index is 11.4. The maximum atomic E-state index is 11.4. The molecule has 6 heteroatoms. The van der Waals surface area contributed by atoms with Gasteiger partial charge in [0.1, 0.15) is 0 Å². The molecule has 15 heavy (non-hydrogen) atoms. The first-order valence-corrected chi connectivity index (χ1v) is 5.54.